The number of carboxylic acids is 1. The van der Waals surface area contributed by atoms with E-state index in [1.54, 1.807) is 6.92 Å². The van der Waals surface area contributed by atoms with Crippen LogP contribution >= 0.6 is 0 Å². The Hall–Kier alpha value is -2.97. The second-order valence-corrected chi connectivity index (χ2v) is 7.37. The standard InChI is InChI=1S/C19H22FN3O5/c1-11-14(16(25)26)4-3-9-22(11)15(24)10-23-17(27)19(2,21-18(23)28)12-5-7-13(20)8-6-12/h5-8,11,14H,3-4,9-10H2,1-2H3,(H,21,28)(H,25,26)/t11-,14-,19?/m1/s1. The number of nitrogens with one attached hydrogen (secondary N) is 1. The first-order valence-corrected chi connectivity index (χ1v) is 9.07. The van der Waals surface area contributed by atoms with Gasteiger partial charge in [-0.05, 0) is 44.4 Å². The summed E-state index contributed by atoms with van der Waals surface area (Å²) >= 11 is 0. The number of amides is 4. The van der Waals surface area contributed by atoms with Crippen LogP contribution in [0, 0.1) is 11.7 Å². The Morgan fingerprint density at radius 2 is 1.93 bits per heavy atom. The molecule has 0 aliphatic carbocycles. The predicted octanol–water partition coefficient (Wildman–Crippen LogP) is 1.30. The number of benzene rings is 1. The number of hydrogen-bond acceptors (Lipinski definition) is 4. The minimum absolute atomic E-state index is 0.378. The lowest BCUT2D eigenvalue weighted by atomic mass is 9.90. The van der Waals surface area contributed by atoms with E-state index < -0.39 is 53.7 Å². The first-order chi connectivity index (χ1) is 13.1. The third kappa shape index (κ3) is 3.32. The molecule has 0 aromatic heterocycles. The number of carbonyl (C=O) groups excluding carboxylic acids is 3. The summed E-state index contributed by atoms with van der Waals surface area (Å²) in [6.07, 6.45) is 1.02. The van der Waals surface area contributed by atoms with Crippen LogP contribution in [0.2, 0.25) is 0 Å². The van der Waals surface area contributed by atoms with Crippen molar-refractivity contribution in [1.82, 2.24) is 15.1 Å². The van der Waals surface area contributed by atoms with Gasteiger partial charge >= 0.3 is 12.0 Å². The average molecular weight is 391 g/mol. The van der Waals surface area contributed by atoms with E-state index in [4.69, 9.17) is 0 Å². The minimum Gasteiger partial charge on any atom is -0.481 e. The van der Waals surface area contributed by atoms with Crippen LogP contribution in [-0.2, 0) is 19.9 Å². The molecule has 28 heavy (non-hydrogen) atoms. The van der Waals surface area contributed by atoms with Gasteiger partial charge in [0.25, 0.3) is 5.91 Å². The highest BCUT2D eigenvalue weighted by Gasteiger charge is 2.50. The van der Waals surface area contributed by atoms with Crippen molar-refractivity contribution in [3.8, 4) is 0 Å². The van der Waals surface area contributed by atoms with Crippen molar-refractivity contribution in [2.75, 3.05) is 13.1 Å². The quantitative estimate of drug-likeness (QED) is 0.753. The summed E-state index contributed by atoms with van der Waals surface area (Å²) in [5.41, 5.74) is -0.998. The van der Waals surface area contributed by atoms with Crippen LogP contribution in [0.3, 0.4) is 0 Å². The molecule has 2 N–H and O–H groups in total. The number of piperidine rings is 1. The Morgan fingerprint density at radius 3 is 2.54 bits per heavy atom. The molecule has 9 heteroatoms. The molecule has 1 aromatic rings. The lowest BCUT2D eigenvalue weighted by molar-refractivity contribution is -0.150. The van der Waals surface area contributed by atoms with Crippen LogP contribution < -0.4 is 5.32 Å². The van der Waals surface area contributed by atoms with Crippen molar-refractivity contribution in [3.05, 3.63) is 35.6 Å². The summed E-state index contributed by atoms with van der Waals surface area (Å²) in [5, 5.41) is 11.9. The third-order valence-electron chi connectivity index (χ3n) is 5.62. The van der Waals surface area contributed by atoms with E-state index in [0.717, 1.165) is 4.90 Å². The van der Waals surface area contributed by atoms with E-state index in [0.29, 0.717) is 24.9 Å². The van der Waals surface area contributed by atoms with Gasteiger partial charge in [0.05, 0.1) is 5.92 Å². The summed E-state index contributed by atoms with van der Waals surface area (Å²) < 4.78 is 13.2. The number of aliphatic carboxylic acids is 1. The van der Waals surface area contributed by atoms with Gasteiger partial charge in [-0.2, -0.15) is 0 Å². The molecular formula is C19H22FN3O5. The molecule has 2 fully saturated rings. The molecule has 2 saturated heterocycles. The van der Waals surface area contributed by atoms with Gasteiger partial charge in [0.15, 0.2) is 0 Å². The molecule has 2 aliphatic rings. The van der Waals surface area contributed by atoms with E-state index in [2.05, 4.69) is 5.32 Å². The third-order valence-corrected chi connectivity index (χ3v) is 5.62. The van der Waals surface area contributed by atoms with Crippen LogP contribution in [-0.4, -0.2) is 57.9 Å². The van der Waals surface area contributed by atoms with E-state index in [1.165, 1.54) is 36.1 Å². The van der Waals surface area contributed by atoms with E-state index in [1.807, 2.05) is 0 Å². The van der Waals surface area contributed by atoms with Crippen LogP contribution in [0.15, 0.2) is 24.3 Å². The normalized spacial score (nSPS) is 27.7. The van der Waals surface area contributed by atoms with Gasteiger partial charge in [-0.25, -0.2) is 9.18 Å². The molecule has 0 radical (unpaired) electrons. The van der Waals surface area contributed by atoms with Crippen molar-refractivity contribution in [3.63, 3.8) is 0 Å². The minimum atomic E-state index is -1.40. The Bertz CT molecular complexity index is 827. The zero-order valence-corrected chi connectivity index (χ0v) is 15.6. The van der Waals surface area contributed by atoms with Crippen LogP contribution in [0.5, 0.6) is 0 Å². The van der Waals surface area contributed by atoms with Crippen LogP contribution in [0.1, 0.15) is 32.3 Å². The lowest BCUT2D eigenvalue weighted by Gasteiger charge is -2.38. The fraction of sp³-hybridized carbons (Fsp3) is 0.474. The predicted molar refractivity (Wildman–Crippen MR) is 95.5 cm³/mol. The molecule has 150 valence electrons. The van der Waals surface area contributed by atoms with Crippen molar-refractivity contribution in [2.45, 2.75) is 38.3 Å². The SMILES string of the molecule is C[C@@H]1[C@H](C(=O)O)CCCN1C(=O)CN1C(=O)NC(C)(c2ccc(F)cc2)C1=O. The molecule has 3 rings (SSSR count). The Balaban J connectivity index is 1.76. The number of carbonyl (C=O) groups is 4. The van der Waals surface area contributed by atoms with Crippen LogP contribution in [0.25, 0.3) is 0 Å². The molecule has 1 unspecified atom stereocenters. The summed E-state index contributed by atoms with van der Waals surface area (Å²) in [4.78, 5) is 51.6. The van der Waals surface area contributed by atoms with E-state index in [-0.39, 0.29) is 0 Å². The molecule has 0 spiro atoms. The fourth-order valence-electron chi connectivity index (χ4n) is 3.87. The van der Waals surface area contributed by atoms with Gasteiger partial charge in [0, 0.05) is 12.6 Å². The monoisotopic (exact) mass is 391 g/mol. The number of hydrogen-bond donors (Lipinski definition) is 2. The lowest BCUT2D eigenvalue weighted by Crippen LogP contribution is -2.52. The zero-order valence-electron chi connectivity index (χ0n) is 15.6. The maximum absolute atomic E-state index is 13.2. The highest BCUT2D eigenvalue weighted by atomic mass is 19.1. The highest BCUT2D eigenvalue weighted by Crippen LogP contribution is 2.30. The molecule has 3 atom stereocenters. The van der Waals surface area contributed by atoms with Crippen LogP contribution in [0.4, 0.5) is 9.18 Å². The first-order valence-electron chi connectivity index (χ1n) is 9.07. The van der Waals surface area contributed by atoms with Crippen molar-refractivity contribution in [1.29, 1.82) is 0 Å². The fourth-order valence-corrected chi connectivity index (χ4v) is 3.87. The number of likely N-dealkylation sites (tertiary alicyclic amines) is 1. The smallest absolute Gasteiger partial charge is 0.325 e. The molecular weight excluding hydrogens is 369 g/mol. The van der Waals surface area contributed by atoms with Gasteiger partial charge in [-0.3, -0.25) is 19.3 Å². The zero-order chi connectivity index (χ0) is 20.6. The largest absolute Gasteiger partial charge is 0.481 e. The number of imide groups is 1. The number of nitrogens with zero attached hydrogens (tertiary/aromatic N) is 2. The van der Waals surface area contributed by atoms with Gasteiger partial charge in [0.2, 0.25) is 5.91 Å². The second-order valence-electron chi connectivity index (χ2n) is 7.37. The topological polar surface area (TPSA) is 107 Å². The average Bonchev–Trinajstić information content (AvgIpc) is 2.86. The van der Waals surface area contributed by atoms with Gasteiger partial charge in [-0.1, -0.05) is 12.1 Å². The highest BCUT2D eigenvalue weighted by molar-refractivity contribution is 6.09. The molecule has 8 nitrogen and oxygen atoms in total. The van der Waals surface area contributed by atoms with Gasteiger partial charge in [-0.15, -0.1) is 0 Å². The van der Waals surface area contributed by atoms with E-state index in [9.17, 15) is 28.7 Å². The molecule has 4 amide bonds. The van der Waals surface area contributed by atoms with E-state index >= 15 is 0 Å². The molecule has 0 saturated carbocycles. The van der Waals surface area contributed by atoms with Gasteiger partial charge in [0.1, 0.15) is 17.9 Å². The summed E-state index contributed by atoms with van der Waals surface area (Å²) in [7, 11) is 0. The molecule has 0 bridgehead atoms. The van der Waals surface area contributed by atoms with Gasteiger partial charge < -0.3 is 15.3 Å². The number of carboxylic acid groups (broad SMARTS) is 1. The van der Waals surface area contributed by atoms with Crippen molar-refractivity contribution >= 4 is 23.8 Å². The van der Waals surface area contributed by atoms with Crippen molar-refractivity contribution < 1.29 is 28.7 Å². The summed E-state index contributed by atoms with van der Waals surface area (Å²) in [5.74, 6) is -3.21. The second kappa shape index (κ2) is 7.21. The van der Waals surface area contributed by atoms with Crippen molar-refractivity contribution in [2.24, 2.45) is 5.92 Å². The molecule has 2 aliphatic heterocycles. The first kappa shape index (κ1) is 19.8. The number of halogens is 1. The summed E-state index contributed by atoms with van der Waals surface area (Å²) in [6.45, 7) is 3.06. The Morgan fingerprint density at radius 1 is 1.29 bits per heavy atom. The Labute approximate surface area is 161 Å². The Kier molecular flexibility index (Phi) is 5.10. The molecule has 1 aromatic carbocycles. The number of urea groups is 1. The summed E-state index contributed by atoms with van der Waals surface area (Å²) in [6, 6.07) is 3.95. The number of rotatable bonds is 4. The molecule has 2 heterocycles. The maximum atomic E-state index is 13.2. The maximum Gasteiger partial charge on any atom is 0.325 e.